The van der Waals surface area contributed by atoms with Gasteiger partial charge in [0.15, 0.2) is 0 Å². The van der Waals surface area contributed by atoms with Crippen molar-refractivity contribution in [1.29, 1.82) is 0 Å². The monoisotopic (exact) mass is 264 g/mol. The highest BCUT2D eigenvalue weighted by molar-refractivity contribution is 6.00. The molecular formula is C7H3F7N2O. The maximum atomic E-state index is 12.8. The fourth-order valence-electron chi connectivity index (χ4n) is 0.872. The van der Waals surface area contributed by atoms with Crippen molar-refractivity contribution in [2.45, 2.75) is 18.0 Å². The molecule has 0 radical (unpaired) electrons. The molecule has 1 rings (SSSR count). The smallest absolute Gasteiger partial charge is 0.285 e. The van der Waals surface area contributed by atoms with Crippen LogP contribution in [-0.4, -0.2) is 34.0 Å². The van der Waals surface area contributed by atoms with Gasteiger partial charge in [0.1, 0.15) is 5.69 Å². The highest BCUT2D eigenvalue weighted by Crippen LogP contribution is 2.47. The molecule has 0 saturated carbocycles. The molecule has 3 nitrogen and oxygen atoms in total. The fraction of sp³-hybridized carbons (Fsp3) is 0.429. The number of alkyl halides is 7. The maximum absolute atomic E-state index is 12.8. The standard InChI is InChI=1S/C7H3F7N2O/c8-5(9,6(10,11)7(12,13)14)4(17)3-1-2-15-16-3/h1-2H,(H,15,16). The second-order valence-corrected chi connectivity index (χ2v) is 2.95. The number of hydrogen-bond acceptors (Lipinski definition) is 2. The number of hydrogen-bond donors (Lipinski definition) is 1. The largest absolute Gasteiger partial charge is 0.460 e. The maximum Gasteiger partial charge on any atom is 0.460 e. The number of rotatable bonds is 3. The second kappa shape index (κ2) is 3.70. The van der Waals surface area contributed by atoms with Gasteiger partial charge in [-0.05, 0) is 6.07 Å². The number of Topliss-reactive ketones (excluding diaryl/α,β-unsaturated/α-hetero) is 1. The summed E-state index contributed by atoms with van der Waals surface area (Å²) in [6.07, 6.45) is -5.78. The Balaban J connectivity index is 3.16. The minimum absolute atomic E-state index is 0.558. The number of ketones is 1. The molecule has 1 N–H and O–H groups in total. The van der Waals surface area contributed by atoms with Crippen LogP contribution in [0.15, 0.2) is 12.3 Å². The third-order valence-electron chi connectivity index (χ3n) is 1.78. The Morgan fingerprint density at radius 2 is 1.65 bits per heavy atom. The van der Waals surface area contributed by atoms with Gasteiger partial charge in [0.2, 0.25) is 0 Å². The van der Waals surface area contributed by atoms with Gasteiger partial charge in [-0.25, -0.2) is 0 Å². The number of aromatic amines is 1. The van der Waals surface area contributed by atoms with Gasteiger partial charge in [-0.1, -0.05) is 0 Å². The van der Waals surface area contributed by atoms with Crippen molar-refractivity contribution in [3.63, 3.8) is 0 Å². The lowest BCUT2D eigenvalue weighted by atomic mass is 10.0. The Hall–Kier alpha value is -1.61. The van der Waals surface area contributed by atoms with Crippen molar-refractivity contribution < 1.29 is 35.5 Å². The number of H-pyrrole nitrogens is 1. The lowest BCUT2D eigenvalue weighted by molar-refractivity contribution is -0.339. The molecule has 0 amide bonds. The summed E-state index contributed by atoms with van der Waals surface area (Å²) in [5, 5.41) is 4.58. The molecule has 0 bridgehead atoms. The first-order valence-electron chi connectivity index (χ1n) is 3.88. The molecule has 1 aromatic rings. The van der Waals surface area contributed by atoms with Crippen LogP contribution in [-0.2, 0) is 0 Å². The van der Waals surface area contributed by atoms with E-state index < -0.39 is 29.5 Å². The molecule has 0 unspecified atom stereocenters. The third kappa shape index (κ3) is 1.98. The highest BCUT2D eigenvalue weighted by Gasteiger charge is 2.76. The Morgan fingerprint density at radius 3 is 2.00 bits per heavy atom. The van der Waals surface area contributed by atoms with Crippen molar-refractivity contribution >= 4 is 5.78 Å². The molecule has 1 heterocycles. The van der Waals surface area contributed by atoms with E-state index in [0.29, 0.717) is 6.07 Å². The number of nitrogens with one attached hydrogen (secondary N) is 1. The first kappa shape index (κ1) is 13.5. The predicted octanol–water partition coefficient (Wildman–Crippen LogP) is 2.43. The van der Waals surface area contributed by atoms with Gasteiger partial charge < -0.3 is 0 Å². The number of aromatic nitrogens is 2. The number of carbonyl (C=O) groups is 1. The van der Waals surface area contributed by atoms with Crippen LogP contribution < -0.4 is 0 Å². The zero-order chi connectivity index (χ0) is 13.5. The van der Waals surface area contributed by atoms with Crippen LogP contribution >= 0.6 is 0 Å². The number of nitrogens with zero attached hydrogens (tertiary/aromatic N) is 1. The SMILES string of the molecule is O=C(c1ccn[nH]1)C(F)(F)C(F)(F)C(F)(F)F. The average molecular weight is 264 g/mol. The van der Waals surface area contributed by atoms with E-state index in [0.717, 1.165) is 6.20 Å². The van der Waals surface area contributed by atoms with Crippen LogP contribution in [0, 0.1) is 0 Å². The summed E-state index contributed by atoms with van der Waals surface area (Å²) < 4.78 is 85.6. The molecule has 17 heavy (non-hydrogen) atoms. The van der Waals surface area contributed by atoms with Crippen molar-refractivity contribution in [3.05, 3.63) is 18.0 Å². The number of carbonyl (C=O) groups excluding carboxylic acids is 1. The normalized spacial score (nSPS) is 13.8. The number of halogens is 7. The van der Waals surface area contributed by atoms with Crippen LogP contribution in [0.3, 0.4) is 0 Å². The van der Waals surface area contributed by atoms with E-state index in [-0.39, 0.29) is 0 Å². The van der Waals surface area contributed by atoms with Gasteiger partial charge in [0.25, 0.3) is 5.78 Å². The highest BCUT2D eigenvalue weighted by atomic mass is 19.4. The predicted molar refractivity (Wildman–Crippen MR) is 38.9 cm³/mol. The van der Waals surface area contributed by atoms with Crippen molar-refractivity contribution in [3.8, 4) is 0 Å². The first-order valence-corrected chi connectivity index (χ1v) is 3.88. The van der Waals surface area contributed by atoms with E-state index in [9.17, 15) is 35.5 Å². The zero-order valence-corrected chi connectivity index (χ0v) is 7.66. The van der Waals surface area contributed by atoms with Gasteiger partial charge in [-0.2, -0.15) is 35.8 Å². The molecule has 0 spiro atoms. The molecule has 96 valence electrons. The zero-order valence-electron chi connectivity index (χ0n) is 7.66. The van der Waals surface area contributed by atoms with E-state index in [1.54, 1.807) is 5.10 Å². The van der Waals surface area contributed by atoms with Crippen molar-refractivity contribution in [2.24, 2.45) is 0 Å². The lowest BCUT2D eigenvalue weighted by Gasteiger charge is -2.26. The van der Waals surface area contributed by atoms with Gasteiger partial charge >= 0.3 is 18.0 Å². The van der Waals surface area contributed by atoms with E-state index >= 15 is 0 Å². The molecule has 0 saturated heterocycles. The molecule has 0 fully saturated rings. The molecular weight excluding hydrogens is 261 g/mol. The molecule has 0 aliphatic rings. The Labute approximate surface area is 88.6 Å². The van der Waals surface area contributed by atoms with Crippen LogP contribution in [0.1, 0.15) is 10.5 Å². The topological polar surface area (TPSA) is 45.8 Å². The fourth-order valence-corrected chi connectivity index (χ4v) is 0.872. The minimum atomic E-state index is -6.54. The molecule has 0 atom stereocenters. The summed E-state index contributed by atoms with van der Waals surface area (Å²) in [5.74, 6) is -15.0. The van der Waals surface area contributed by atoms with Gasteiger partial charge in [-0.3, -0.25) is 9.89 Å². The van der Waals surface area contributed by atoms with Gasteiger partial charge in [-0.15, -0.1) is 0 Å². The van der Waals surface area contributed by atoms with Crippen molar-refractivity contribution in [1.82, 2.24) is 10.2 Å². The molecule has 1 aromatic heterocycles. The molecule has 10 heteroatoms. The van der Waals surface area contributed by atoms with E-state index in [4.69, 9.17) is 0 Å². The summed E-state index contributed by atoms with van der Waals surface area (Å²) in [7, 11) is 0. The lowest BCUT2D eigenvalue weighted by Crippen LogP contribution is -2.56. The summed E-state index contributed by atoms with van der Waals surface area (Å²) >= 11 is 0. The minimum Gasteiger partial charge on any atom is -0.285 e. The molecule has 0 aliphatic heterocycles. The van der Waals surface area contributed by atoms with E-state index in [2.05, 4.69) is 5.10 Å². The van der Waals surface area contributed by atoms with E-state index in [1.807, 2.05) is 0 Å². The summed E-state index contributed by atoms with van der Waals surface area (Å²) in [6, 6.07) is 0.558. The summed E-state index contributed by atoms with van der Waals surface area (Å²) in [4.78, 5) is 10.8. The Bertz CT molecular complexity index is 408. The Morgan fingerprint density at radius 1 is 1.12 bits per heavy atom. The van der Waals surface area contributed by atoms with Crippen LogP contribution in [0.2, 0.25) is 0 Å². The first-order chi connectivity index (χ1) is 7.52. The van der Waals surface area contributed by atoms with E-state index in [1.165, 1.54) is 0 Å². The van der Waals surface area contributed by atoms with Gasteiger partial charge in [0.05, 0.1) is 0 Å². The molecule has 0 aliphatic carbocycles. The summed E-state index contributed by atoms with van der Waals surface area (Å²) in [5.41, 5.74) is -1.14. The quantitative estimate of drug-likeness (QED) is 0.673. The second-order valence-electron chi connectivity index (χ2n) is 2.95. The van der Waals surface area contributed by atoms with Crippen LogP contribution in [0.5, 0.6) is 0 Å². The summed E-state index contributed by atoms with van der Waals surface area (Å²) in [6.45, 7) is 0. The van der Waals surface area contributed by atoms with Crippen LogP contribution in [0.25, 0.3) is 0 Å². The third-order valence-corrected chi connectivity index (χ3v) is 1.78. The van der Waals surface area contributed by atoms with Gasteiger partial charge in [0, 0.05) is 6.20 Å². The molecule has 0 aromatic carbocycles. The van der Waals surface area contributed by atoms with Crippen LogP contribution in [0.4, 0.5) is 30.7 Å². The Kier molecular flexibility index (Phi) is 2.93. The average Bonchev–Trinajstić information content (AvgIpc) is 2.66. The van der Waals surface area contributed by atoms with Crippen molar-refractivity contribution in [2.75, 3.05) is 0 Å².